The molecular formula is C21H14BrN3O2. The second kappa shape index (κ2) is 7.17. The van der Waals surface area contributed by atoms with E-state index in [1.807, 2.05) is 60.7 Å². The molecule has 6 heteroatoms. The normalized spacial score (nSPS) is 10.7. The molecule has 1 N–H and O–H groups in total. The second-order valence-corrected chi connectivity index (χ2v) is 6.79. The van der Waals surface area contributed by atoms with Crippen LogP contribution in [0.5, 0.6) is 0 Å². The molecule has 0 saturated heterocycles. The lowest BCUT2D eigenvalue weighted by Gasteiger charge is -2.09. The predicted molar refractivity (Wildman–Crippen MR) is 107 cm³/mol. The largest absolute Gasteiger partial charge is 0.478 e. The van der Waals surface area contributed by atoms with Gasteiger partial charge in [-0.2, -0.15) is 5.10 Å². The topological polar surface area (TPSA) is 68.0 Å². The van der Waals surface area contributed by atoms with Crippen molar-refractivity contribution in [3.05, 3.63) is 89.2 Å². The number of hydrogen-bond donors (Lipinski definition) is 1. The Morgan fingerprint density at radius 1 is 0.963 bits per heavy atom. The fraction of sp³-hybridized carbons (Fsp3) is 0. The summed E-state index contributed by atoms with van der Waals surface area (Å²) in [5.41, 5.74) is 3.25. The van der Waals surface area contributed by atoms with Gasteiger partial charge in [-0.1, -0.05) is 52.3 Å². The number of hydrogen-bond acceptors (Lipinski definition) is 3. The van der Waals surface area contributed by atoms with Gasteiger partial charge in [0.2, 0.25) is 0 Å². The standard InChI is InChI=1S/C21H14BrN3O2/c22-16-9-4-10-17(12-16)25-20(14-6-2-1-3-7-14)18(21(26)27)19(24-25)15-8-5-11-23-13-15/h1-13H,(H,26,27). The molecule has 0 unspecified atom stereocenters. The van der Waals surface area contributed by atoms with E-state index in [1.54, 1.807) is 23.1 Å². The van der Waals surface area contributed by atoms with Gasteiger partial charge in [-0.15, -0.1) is 0 Å². The summed E-state index contributed by atoms with van der Waals surface area (Å²) in [7, 11) is 0. The van der Waals surface area contributed by atoms with E-state index in [0.717, 1.165) is 15.7 Å². The molecule has 27 heavy (non-hydrogen) atoms. The van der Waals surface area contributed by atoms with E-state index in [9.17, 15) is 9.90 Å². The minimum absolute atomic E-state index is 0.147. The van der Waals surface area contributed by atoms with E-state index < -0.39 is 5.97 Å². The third-order valence-electron chi connectivity index (χ3n) is 4.13. The zero-order valence-corrected chi connectivity index (χ0v) is 15.7. The van der Waals surface area contributed by atoms with Gasteiger partial charge in [-0.05, 0) is 30.3 Å². The Morgan fingerprint density at radius 3 is 2.41 bits per heavy atom. The van der Waals surface area contributed by atoms with Gasteiger partial charge >= 0.3 is 5.97 Å². The molecule has 0 aliphatic heterocycles. The lowest BCUT2D eigenvalue weighted by atomic mass is 10.0. The van der Waals surface area contributed by atoms with Crippen molar-refractivity contribution in [2.24, 2.45) is 0 Å². The van der Waals surface area contributed by atoms with Crippen LogP contribution in [0.25, 0.3) is 28.2 Å². The molecule has 0 bridgehead atoms. The summed E-state index contributed by atoms with van der Waals surface area (Å²) in [6.45, 7) is 0. The number of benzene rings is 2. The van der Waals surface area contributed by atoms with E-state index in [4.69, 9.17) is 0 Å². The van der Waals surface area contributed by atoms with E-state index in [0.29, 0.717) is 17.0 Å². The average Bonchev–Trinajstić information content (AvgIpc) is 3.10. The summed E-state index contributed by atoms with van der Waals surface area (Å²) in [6, 6.07) is 20.6. The highest BCUT2D eigenvalue weighted by Gasteiger charge is 2.26. The number of aromatic carboxylic acids is 1. The van der Waals surface area contributed by atoms with Crippen molar-refractivity contribution in [1.29, 1.82) is 0 Å². The Morgan fingerprint density at radius 2 is 1.74 bits per heavy atom. The van der Waals surface area contributed by atoms with Gasteiger partial charge in [0.15, 0.2) is 0 Å². The number of nitrogens with zero attached hydrogens (tertiary/aromatic N) is 3. The van der Waals surface area contributed by atoms with Crippen LogP contribution in [-0.4, -0.2) is 25.8 Å². The zero-order valence-electron chi connectivity index (χ0n) is 14.1. The molecule has 0 saturated carbocycles. The van der Waals surface area contributed by atoms with Crippen molar-refractivity contribution < 1.29 is 9.90 Å². The van der Waals surface area contributed by atoms with Gasteiger partial charge in [-0.25, -0.2) is 9.48 Å². The number of carboxylic acid groups (broad SMARTS) is 1. The summed E-state index contributed by atoms with van der Waals surface area (Å²) >= 11 is 3.47. The lowest BCUT2D eigenvalue weighted by molar-refractivity contribution is 0.0698. The molecule has 132 valence electrons. The zero-order chi connectivity index (χ0) is 18.8. The molecule has 4 aromatic rings. The summed E-state index contributed by atoms with van der Waals surface area (Å²) in [5.74, 6) is -1.03. The van der Waals surface area contributed by atoms with Crippen LogP contribution < -0.4 is 0 Å². The van der Waals surface area contributed by atoms with Crippen LogP contribution in [0.4, 0.5) is 0 Å². The van der Waals surface area contributed by atoms with Crippen LogP contribution in [-0.2, 0) is 0 Å². The first-order chi connectivity index (χ1) is 13.1. The molecule has 2 aromatic heterocycles. The van der Waals surface area contributed by atoms with Gasteiger partial charge in [-0.3, -0.25) is 4.98 Å². The molecule has 0 aliphatic carbocycles. The van der Waals surface area contributed by atoms with Crippen LogP contribution >= 0.6 is 15.9 Å². The van der Waals surface area contributed by atoms with Gasteiger partial charge in [0.1, 0.15) is 11.3 Å². The smallest absolute Gasteiger partial charge is 0.340 e. The van der Waals surface area contributed by atoms with Crippen molar-refractivity contribution in [1.82, 2.24) is 14.8 Å². The second-order valence-electron chi connectivity index (χ2n) is 5.88. The van der Waals surface area contributed by atoms with Crippen LogP contribution in [0, 0.1) is 0 Å². The van der Waals surface area contributed by atoms with Crippen molar-refractivity contribution in [3.8, 4) is 28.2 Å². The number of aromatic nitrogens is 3. The third kappa shape index (κ3) is 3.27. The molecule has 2 heterocycles. The minimum Gasteiger partial charge on any atom is -0.478 e. The molecule has 2 aromatic carbocycles. The molecule has 0 amide bonds. The number of halogens is 1. The van der Waals surface area contributed by atoms with Crippen LogP contribution in [0.15, 0.2) is 83.6 Å². The lowest BCUT2D eigenvalue weighted by Crippen LogP contribution is -2.03. The monoisotopic (exact) mass is 419 g/mol. The summed E-state index contributed by atoms with van der Waals surface area (Å²) in [5, 5.41) is 14.7. The first-order valence-electron chi connectivity index (χ1n) is 8.23. The third-order valence-corrected chi connectivity index (χ3v) is 4.63. The molecule has 5 nitrogen and oxygen atoms in total. The van der Waals surface area contributed by atoms with Crippen LogP contribution in [0.3, 0.4) is 0 Å². The first-order valence-corrected chi connectivity index (χ1v) is 9.02. The van der Waals surface area contributed by atoms with Crippen molar-refractivity contribution in [3.63, 3.8) is 0 Å². The van der Waals surface area contributed by atoms with Gasteiger partial charge in [0.25, 0.3) is 0 Å². The summed E-state index contributed by atoms with van der Waals surface area (Å²) in [4.78, 5) is 16.3. The maximum Gasteiger partial charge on any atom is 0.340 e. The minimum atomic E-state index is -1.03. The SMILES string of the molecule is O=C(O)c1c(-c2cccnc2)nn(-c2cccc(Br)c2)c1-c1ccccc1. The maximum absolute atomic E-state index is 12.2. The maximum atomic E-state index is 12.2. The number of carboxylic acids is 1. The Labute approximate surface area is 164 Å². The molecule has 4 rings (SSSR count). The highest BCUT2D eigenvalue weighted by molar-refractivity contribution is 9.10. The van der Waals surface area contributed by atoms with Crippen LogP contribution in [0.2, 0.25) is 0 Å². The van der Waals surface area contributed by atoms with E-state index in [2.05, 4.69) is 26.0 Å². The Bertz CT molecular complexity index is 1110. The van der Waals surface area contributed by atoms with E-state index in [-0.39, 0.29) is 5.56 Å². The molecule has 0 radical (unpaired) electrons. The average molecular weight is 420 g/mol. The molecular weight excluding hydrogens is 406 g/mol. The highest BCUT2D eigenvalue weighted by Crippen LogP contribution is 2.34. The molecule has 0 spiro atoms. The summed E-state index contributed by atoms with van der Waals surface area (Å²) < 4.78 is 2.56. The van der Waals surface area contributed by atoms with E-state index in [1.165, 1.54) is 0 Å². The Balaban J connectivity index is 2.07. The Kier molecular flexibility index (Phi) is 4.56. The number of carbonyl (C=O) groups is 1. The van der Waals surface area contributed by atoms with Crippen molar-refractivity contribution >= 4 is 21.9 Å². The fourth-order valence-corrected chi connectivity index (χ4v) is 3.37. The van der Waals surface area contributed by atoms with Gasteiger partial charge in [0.05, 0.1) is 11.4 Å². The Hall–Kier alpha value is -3.25. The molecule has 0 fully saturated rings. The summed E-state index contributed by atoms with van der Waals surface area (Å²) in [6.07, 6.45) is 3.27. The van der Waals surface area contributed by atoms with Crippen molar-refractivity contribution in [2.75, 3.05) is 0 Å². The quantitative estimate of drug-likeness (QED) is 0.501. The van der Waals surface area contributed by atoms with Gasteiger partial charge in [0, 0.05) is 28.0 Å². The number of rotatable bonds is 4. The van der Waals surface area contributed by atoms with E-state index >= 15 is 0 Å². The van der Waals surface area contributed by atoms with Crippen LogP contribution in [0.1, 0.15) is 10.4 Å². The van der Waals surface area contributed by atoms with Gasteiger partial charge < -0.3 is 5.11 Å². The first kappa shape index (κ1) is 17.2. The van der Waals surface area contributed by atoms with Crippen molar-refractivity contribution in [2.45, 2.75) is 0 Å². The highest BCUT2D eigenvalue weighted by atomic mass is 79.9. The molecule has 0 aliphatic rings. The fourth-order valence-electron chi connectivity index (χ4n) is 2.98. The number of pyridine rings is 1. The molecule has 0 atom stereocenters. The predicted octanol–water partition coefficient (Wildman–Crippen LogP) is 5.06.